The van der Waals surface area contributed by atoms with Crippen molar-refractivity contribution in [1.82, 2.24) is 9.88 Å². The monoisotopic (exact) mass is 442 g/mol. The maximum absolute atomic E-state index is 12.7. The van der Waals surface area contributed by atoms with E-state index in [4.69, 9.17) is 0 Å². The number of pyridine rings is 1. The number of carbonyl (C=O) groups is 1. The highest BCUT2D eigenvalue weighted by atomic mass is 16.1. The number of carbonyl (C=O) groups excluding carboxylic acids is 1. The lowest BCUT2D eigenvalue weighted by molar-refractivity contribution is -0.116. The Labute approximate surface area is 196 Å². The van der Waals surface area contributed by atoms with Gasteiger partial charge in [-0.05, 0) is 60.1 Å². The minimum atomic E-state index is 0.0555. The Hall–Kier alpha value is -2.92. The quantitative estimate of drug-likeness (QED) is 0.503. The van der Waals surface area contributed by atoms with Crippen LogP contribution in [0.15, 0.2) is 60.8 Å². The second-order valence-electron chi connectivity index (χ2n) is 9.71. The van der Waals surface area contributed by atoms with E-state index in [2.05, 4.69) is 69.5 Å². The van der Waals surface area contributed by atoms with Gasteiger partial charge < -0.3 is 10.2 Å². The van der Waals surface area contributed by atoms with E-state index in [-0.39, 0.29) is 5.91 Å². The van der Waals surface area contributed by atoms with Crippen LogP contribution in [-0.4, -0.2) is 41.5 Å². The van der Waals surface area contributed by atoms with Crippen LogP contribution in [0.25, 0.3) is 10.8 Å². The predicted octanol–water partition coefficient (Wildman–Crippen LogP) is 5.46. The van der Waals surface area contributed by atoms with Crippen molar-refractivity contribution in [1.29, 1.82) is 0 Å². The number of anilines is 2. The van der Waals surface area contributed by atoms with Crippen LogP contribution in [0.2, 0.25) is 0 Å². The Morgan fingerprint density at radius 2 is 1.82 bits per heavy atom. The van der Waals surface area contributed by atoms with E-state index in [1.807, 2.05) is 12.1 Å². The highest BCUT2D eigenvalue weighted by Crippen LogP contribution is 2.30. The first-order valence-electron chi connectivity index (χ1n) is 12.4. The van der Waals surface area contributed by atoms with Gasteiger partial charge in [-0.25, -0.2) is 4.98 Å². The molecule has 0 spiro atoms. The van der Waals surface area contributed by atoms with Crippen LogP contribution in [0, 0.1) is 5.92 Å². The smallest absolute Gasteiger partial charge is 0.225 e. The Balaban J connectivity index is 1.16. The molecule has 5 heteroatoms. The predicted molar refractivity (Wildman–Crippen MR) is 135 cm³/mol. The highest BCUT2D eigenvalue weighted by Gasteiger charge is 2.29. The van der Waals surface area contributed by atoms with Gasteiger partial charge in [0.05, 0.1) is 11.9 Å². The molecule has 2 heterocycles. The fraction of sp³-hybridized carbons (Fsp3) is 0.429. The summed E-state index contributed by atoms with van der Waals surface area (Å²) in [4.78, 5) is 22.1. The molecular weight excluding hydrogens is 408 g/mol. The lowest BCUT2D eigenvalue weighted by Gasteiger charge is -2.31. The van der Waals surface area contributed by atoms with Gasteiger partial charge >= 0.3 is 0 Å². The normalized spacial score (nSPS) is 17.0. The first kappa shape index (κ1) is 21.9. The van der Waals surface area contributed by atoms with E-state index in [0.29, 0.717) is 12.5 Å². The lowest BCUT2D eigenvalue weighted by atomic mass is 9.99. The molecule has 2 aromatic carbocycles. The van der Waals surface area contributed by atoms with Crippen LogP contribution in [0.5, 0.6) is 0 Å². The van der Waals surface area contributed by atoms with Crippen molar-refractivity contribution >= 4 is 28.2 Å². The zero-order valence-corrected chi connectivity index (χ0v) is 19.5. The van der Waals surface area contributed by atoms with Crippen molar-refractivity contribution < 1.29 is 4.79 Å². The number of hydrogen-bond acceptors (Lipinski definition) is 4. The summed E-state index contributed by atoms with van der Waals surface area (Å²) in [6.45, 7) is 6.11. The summed E-state index contributed by atoms with van der Waals surface area (Å²) >= 11 is 0. The third kappa shape index (κ3) is 5.53. The molecule has 5 rings (SSSR count). The number of piperidine rings is 1. The topological polar surface area (TPSA) is 48.5 Å². The Morgan fingerprint density at radius 1 is 1.03 bits per heavy atom. The van der Waals surface area contributed by atoms with Gasteiger partial charge in [-0.1, -0.05) is 49.4 Å². The van der Waals surface area contributed by atoms with Gasteiger partial charge in [-0.3, -0.25) is 9.69 Å². The summed E-state index contributed by atoms with van der Waals surface area (Å²) in [7, 11) is 0. The average molecular weight is 443 g/mol. The van der Waals surface area contributed by atoms with Gasteiger partial charge in [0.2, 0.25) is 5.91 Å². The summed E-state index contributed by atoms with van der Waals surface area (Å²) in [6, 6.07) is 19.7. The maximum Gasteiger partial charge on any atom is 0.225 e. The molecule has 5 nitrogen and oxygen atoms in total. The lowest BCUT2D eigenvalue weighted by Crippen LogP contribution is -2.33. The highest BCUT2D eigenvalue weighted by molar-refractivity contribution is 5.90. The first-order valence-corrected chi connectivity index (χ1v) is 12.4. The van der Waals surface area contributed by atoms with E-state index in [0.717, 1.165) is 43.6 Å². The van der Waals surface area contributed by atoms with E-state index >= 15 is 0 Å². The van der Waals surface area contributed by atoms with Crippen molar-refractivity contribution in [3.63, 3.8) is 0 Å². The van der Waals surface area contributed by atoms with E-state index in [9.17, 15) is 4.79 Å². The molecule has 3 aromatic rings. The number of nitrogens with one attached hydrogen (secondary N) is 1. The largest absolute Gasteiger partial charge is 0.357 e. The average Bonchev–Trinajstić information content (AvgIpc) is 3.68. The molecule has 1 aromatic heterocycles. The number of rotatable bonds is 8. The van der Waals surface area contributed by atoms with Crippen LogP contribution in [-0.2, 0) is 11.3 Å². The number of hydrogen-bond donors (Lipinski definition) is 1. The Morgan fingerprint density at radius 3 is 2.58 bits per heavy atom. The molecule has 1 saturated carbocycles. The zero-order chi connectivity index (χ0) is 22.6. The molecular formula is C28H34N4O. The SMILES string of the molecule is CC1CCN(c2ccc(NC(=O)CCN(Cc3cccc4ccccc34)C3CC3)cn2)CC1. The molecule has 0 atom stereocenters. The molecule has 172 valence electrons. The molecule has 0 radical (unpaired) electrons. The summed E-state index contributed by atoms with van der Waals surface area (Å²) in [6.07, 6.45) is 7.18. The second-order valence-corrected chi connectivity index (χ2v) is 9.71. The molecule has 1 aliphatic heterocycles. The van der Waals surface area contributed by atoms with Gasteiger partial charge in [0, 0.05) is 38.6 Å². The molecule has 1 aliphatic carbocycles. The van der Waals surface area contributed by atoms with Gasteiger partial charge in [-0.2, -0.15) is 0 Å². The number of benzene rings is 2. The Bertz CT molecular complexity index is 1080. The van der Waals surface area contributed by atoms with E-state index < -0.39 is 0 Å². The number of nitrogens with zero attached hydrogens (tertiary/aromatic N) is 3. The molecule has 1 saturated heterocycles. The molecule has 33 heavy (non-hydrogen) atoms. The van der Waals surface area contributed by atoms with Crippen LogP contribution in [0.4, 0.5) is 11.5 Å². The van der Waals surface area contributed by atoms with E-state index in [1.54, 1.807) is 6.20 Å². The van der Waals surface area contributed by atoms with Crippen LogP contribution < -0.4 is 10.2 Å². The van der Waals surface area contributed by atoms with Crippen LogP contribution in [0.3, 0.4) is 0 Å². The van der Waals surface area contributed by atoms with Crippen molar-refractivity contribution in [2.75, 3.05) is 29.9 Å². The number of aromatic nitrogens is 1. The summed E-state index contributed by atoms with van der Waals surface area (Å²) < 4.78 is 0. The number of amides is 1. The van der Waals surface area contributed by atoms with Crippen molar-refractivity contribution in [2.24, 2.45) is 5.92 Å². The number of fused-ring (bicyclic) bond motifs is 1. The third-order valence-corrected chi connectivity index (χ3v) is 7.08. The second kappa shape index (κ2) is 9.92. The van der Waals surface area contributed by atoms with Gasteiger partial charge in [0.25, 0.3) is 0 Å². The molecule has 0 bridgehead atoms. The fourth-order valence-electron chi connectivity index (χ4n) is 4.83. The minimum Gasteiger partial charge on any atom is -0.357 e. The third-order valence-electron chi connectivity index (χ3n) is 7.08. The van der Waals surface area contributed by atoms with Crippen molar-refractivity contribution in [3.05, 3.63) is 66.4 Å². The van der Waals surface area contributed by atoms with Gasteiger partial charge in [-0.15, -0.1) is 0 Å². The van der Waals surface area contributed by atoms with Gasteiger partial charge in [0.15, 0.2) is 0 Å². The first-order chi connectivity index (χ1) is 16.2. The molecule has 1 N–H and O–H groups in total. The minimum absolute atomic E-state index is 0.0555. The molecule has 1 amide bonds. The van der Waals surface area contributed by atoms with Gasteiger partial charge in [0.1, 0.15) is 5.82 Å². The van der Waals surface area contributed by atoms with Crippen LogP contribution in [0.1, 0.15) is 44.6 Å². The van der Waals surface area contributed by atoms with Crippen molar-refractivity contribution in [3.8, 4) is 0 Å². The van der Waals surface area contributed by atoms with Crippen LogP contribution >= 0.6 is 0 Å². The summed E-state index contributed by atoms with van der Waals surface area (Å²) in [5, 5.41) is 5.63. The summed E-state index contributed by atoms with van der Waals surface area (Å²) in [5.74, 6) is 1.87. The standard InChI is InChI=1S/C28H34N4O/c1-21-13-16-31(17-14-21)27-12-9-24(19-29-27)30-28(33)15-18-32(25-10-11-25)20-23-7-4-6-22-5-2-3-8-26(22)23/h2-9,12,19,21,25H,10-11,13-18,20H2,1H3,(H,30,33). The molecule has 2 aliphatic rings. The Kier molecular flexibility index (Phi) is 6.58. The van der Waals surface area contributed by atoms with E-state index in [1.165, 1.54) is 42.0 Å². The maximum atomic E-state index is 12.7. The summed E-state index contributed by atoms with van der Waals surface area (Å²) in [5.41, 5.74) is 2.12. The molecule has 2 fully saturated rings. The fourth-order valence-corrected chi connectivity index (χ4v) is 4.83. The molecule has 0 unspecified atom stereocenters. The zero-order valence-electron chi connectivity index (χ0n) is 19.5. The van der Waals surface area contributed by atoms with Crippen molar-refractivity contribution in [2.45, 2.75) is 51.6 Å².